The van der Waals surface area contributed by atoms with E-state index in [0.717, 1.165) is 23.1 Å². The van der Waals surface area contributed by atoms with Crippen molar-refractivity contribution in [3.8, 4) is 17.0 Å². The Morgan fingerprint density at radius 3 is 2.71 bits per heavy atom. The van der Waals surface area contributed by atoms with Crippen LogP contribution in [-0.4, -0.2) is 23.4 Å². The first-order chi connectivity index (χ1) is 8.27. The lowest BCUT2D eigenvalue weighted by atomic mass is 9.99. The largest absolute Gasteiger partial charge is 0.496 e. The minimum atomic E-state index is 0.638. The molecule has 0 saturated heterocycles. The number of aldehydes is 1. The molecular weight excluding hydrogens is 216 g/mol. The highest BCUT2D eigenvalue weighted by molar-refractivity contribution is 5.84. The van der Waals surface area contributed by atoms with Gasteiger partial charge in [0.05, 0.1) is 12.8 Å². The van der Waals surface area contributed by atoms with Crippen molar-refractivity contribution < 1.29 is 9.53 Å². The fourth-order valence-electron chi connectivity index (χ4n) is 1.76. The van der Waals surface area contributed by atoms with E-state index >= 15 is 0 Å². The number of benzene rings is 1. The summed E-state index contributed by atoms with van der Waals surface area (Å²) in [4.78, 5) is 19.0. The lowest BCUT2D eigenvalue weighted by molar-refractivity contribution is 0.112. The topological polar surface area (TPSA) is 52.1 Å². The normalized spacial score (nSPS) is 10.0. The Labute approximate surface area is 99.3 Å². The van der Waals surface area contributed by atoms with Crippen LogP contribution in [0, 0.1) is 6.92 Å². The van der Waals surface area contributed by atoms with E-state index in [9.17, 15) is 4.79 Å². The molecule has 86 valence electrons. The average molecular weight is 228 g/mol. The SMILES string of the molecule is COc1ccc(C=O)c(C)c1-c1ccncn1. The summed E-state index contributed by atoms with van der Waals surface area (Å²) in [7, 11) is 1.60. The van der Waals surface area contributed by atoms with Crippen molar-refractivity contribution in [1.82, 2.24) is 9.97 Å². The Balaban J connectivity index is 2.70. The monoisotopic (exact) mass is 228 g/mol. The number of carbonyl (C=O) groups is 1. The maximum absolute atomic E-state index is 10.9. The van der Waals surface area contributed by atoms with E-state index in [1.807, 2.05) is 6.92 Å². The molecule has 0 atom stereocenters. The molecule has 4 heteroatoms. The van der Waals surface area contributed by atoms with Crippen LogP contribution in [0.5, 0.6) is 5.75 Å². The molecule has 2 aromatic rings. The zero-order valence-electron chi connectivity index (χ0n) is 9.68. The van der Waals surface area contributed by atoms with Gasteiger partial charge in [-0.2, -0.15) is 0 Å². The summed E-state index contributed by atoms with van der Waals surface area (Å²) in [5.74, 6) is 0.701. The van der Waals surface area contributed by atoms with E-state index in [4.69, 9.17) is 4.74 Å². The van der Waals surface area contributed by atoms with E-state index < -0.39 is 0 Å². The molecule has 0 saturated carbocycles. The molecule has 0 aliphatic heterocycles. The van der Waals surface area contributed by atoms with Crippen molar-refractivity contribution in [2.75, 3.05) is 7.11 Å². The Morgan fingerprint density at radius 1 is 1.29 bits per heavy atom. The molecule has 0 bridgehead atoms. The first-order valence-electron chi connectivity index (χ1n) is 5.17. The number of ether oxygens (including phenoxy) is 1. The summed E-state index contributed by atoms with van der Waals surface area (Å²) in [5.41, 5.74) is 3.08. The van der Waals surface area contributed by atoms with Crippen LogP contribution in [0.4, 0.5) is 0 Å². The van der Waals surface area contributed by atoms with Crippen LogP contribution >= 0.6 is 0 Å². The Kier molecular flexibility index (Phi) is 3.14. The third kappa shape index (κ3) is 2.01. The van der Waals surface area contributed by atoms with Gasteiger partial charge in [0, 0.05) is 17.3 Å². The molecule has 1 aromatic heterocycles. The predicted molar refractivity (Wildman–Crippen MR) is 64.1 cm³/mol. The van der Waals surface area contributed by atoms with Gasteiger partial charge in [-0.05, 0) is 30.7 Å². The smallest absolute Gasteiger partial charge is 0.150 e. The van der Waals surface area contributed by atoms with Gasteiger partial charge in [-0.25, -0.2) is 9.97 Å². The minimum Gasteiger partial charge on any atom is -0.496 e. The molecule has 2 rings (SSSR count). The third-order valence-electron chi connectivity index (χ3n) is 2.65. The van der Waals surface area contributed by atoms with Crippen LogP contribution in [0.15, 0.2) is 30.7 Å². The van der Waals surface area contributed by atoms with Crippen molar-refractivity contribution in [3.63, 3.8) is 0 Å². The summed E-state index contributed by atoms with van der Waals surface area (Å²) in [5, 5.41) is 0. The van der Waals surface area contributed by atoms with Gasteiger partial charge in [-0.3, -0.25) is 4.79 Å². The first-order valence-corrected chi connectivity index (χ1v) is 5.17. The number of carbonyl (C=O) groups excluding carboxylic acids is 1. The summed E-state index contributed by atoms with van der Waals surface area (Å²) >= 11 is 0. The summed E-state index contributed by atoms with van der Waals surface area (Å²) in [6.07, 6.45) is 3.97. The zero-order chi connectivity index (χ0) is 12.3. The van der Waals surface area contributed by atoms with Gasteiger partial charge < -0.3 is 4.74 Å². The van der Waals surface area contributed by atoms with Gasteiger partial charge in [0.2, 0.25) is 0 Å². The fraction of sp³-hybridized carbons (Fsp3) is 0.154. The van der Waals surface area contributed by atoms with Gasteiger partial charge in [-0.1, -0.05) is 0 Å². The number of hydrogen-bond donors (Lipinski definition) is 0. The second kappa shape index (κ2) is 4.74. The highest BCUT2D eigenvalue weighted by Gasteiger charge is 2.13. The second-order valence-corrected chi connectivity index (χ2v) is 3.57. The number of rotatable bonds is 3. The van der Waals surface area contributed by atoms with Crippen LogP contribution in [0.1, 0.15) is 15.9 Å². The second-order valence-electron chi connectivity index (χ2n) is 3.57. The minimum absolute atomic E-state index is 0.638. The third-order valence-corrected chi connectivity index (χ3v) is 2.65. The fourth-order valence-corrected chi connectivity index (χ4v) is 1.76. The van der Waals surface area contributed by atoms with Crippen LogP contribution < -0.4 is 4.74 Å². The standard InChI is InChI=1S/C13H12N2O2/c1-9-10(7-16)3-4-12(17-2)13(9)11-5-6-14-8-15-11/h3-8H,1-2H3. The quantitative estimate of drug-likeness (QED) is 0.756. The molecule has 4 nitrogen and oxygen atoms in total. The van der Waals surface area contributed by atoms with E-state index in [-0.39, 0.29) is 0 Å². The van der Waals surface area contributed by atoms with Crippen LogP contribution in [0.25, 0.3) is 11.3 Å². The van der Waals surface area contributed by atoms with Crippen molar-refractivity contribution in [3.05, 3.63) is 41.9 Å². The van der Waals surface area contributed by atoms with Crippen molar-refractivity contribution >= 4 is 6.29 Å². The van der Waals surface area contributed by atoms with Crippen molar-refractivity contribution in [1.29, 1.82) is 0 Å². The number of methoxy groups -OCH3 is 1. The summed E-state index contributed by atoms with van der Waals surface area (Å²) < 4.78 is 5.30. The number of hydrogen-bond acceptors (Lipinski definition) is 4. The highest BCUT2D eigenvalue weighted by Crippen LogP contribution is 2.32. The van der Waals surface area contributed by atoms with Gasteiger partial charge >= 0.3 is 0 Å². The first kappa shape index (κ1) is 11.3. The van der Waals surface area contributed by atoms with Crippen molar-refractivity contribution in [2.45, 2.75) is 6.92 Å². The summed E-state index contributed by atoms with van der Waals surface area (Å²) in [6, 6.07) is 5.31. The van der Waals surface area contributed by atoms with E-state index in [1.165, 1.54) is 6.33 Å². The van der Waals surface area contributed by atoms with Gasteiger partial charge in [0.1, 0.15) is 18.4 Å². The molecule has 0 aliphatic rings. The highest BCUT2D eigenvalue weighted by atomic mass is 16.5. The molecule has 1 heterocycles. The zero-order valence-corrected chi connectivity index (χ0v) is 9.68. The van der Waals surface area contributed by atoms with E-state index in [2.05, 4.69) is 9.97 Å². The molecule has 0 N–H and O–H groups in total. The molecule has 0 radical (unpaired) electrons. The number of aromatic nitrogens is 2. The van der Waals surface area contributed by atoms with E-state index in [1.54, 1.807) is 31.5 Å². The molecule has 0 amide bonds. The van der Waals surface area contributed by atoms with Crippen LogP contribution in [-0.2, 0) is 0 Å². The lowest BCUT2D eigenvalue weighted by Crippen LogP contribution is -1.97. The lowest BCUT2D eigenvalue weighted by Gasteiger charge is -2.12. The van der Waals surface area contributed by atoms with Crippen LogP contribution in [0.3, 0.4) is 0 Å². The molecule has 0 spiro atoms. The average Bonchev–Trinajstić information content (AvgIpc) is 2.39. The van der Waals surface area contributed by atoms with Crippen LogP contribution in [0.2, 0.25) is 0 Å². The maximum Gasteiger partial charge on any atom is 0.150 e. The Morgan fingerprint density at radius 2 is 2.12 bits per heavy atom. The van der Waals surface area contributed by atoms with E-state index in [0.29, 0.717) is 11.3 Å². The Hall–Kier alpha value is -2.23. The molecule has 1 aromatic carbocycles. The van der Waals surface area contributed by atoms with Gasteiger partial charge in [0.25, 0.3) is 0 Å². The molecule has 0 unspecified atom stereocenters. The number of nitrogens with zero attached hydrogens (tertiary/aromatic N) is 2. The van der Waals surface area contributed by atoms with Gasteiger partial charge in [0.15, 0.2) is 0 Å². The predicted octanol–water partition coefficient (Wildman–Crippen LogP) is 2.27. The molecule has 17 heavy (non-hydrogen) atoms. The van der Waals surface area contributed by atoms with Gasteiger partial charge in [-0.15, -0.1) is 0 Å². The molecule has 0 aliphatic carbocycles. The molecule has 0 fully saturated rings. The Bertz CT molecular complexity index is 539. The maximum atomic E-state index is 10.9. The summed E-state index contributed by atoms with van der Waals surface area (Å²) in [6.45, 7) is 1.88. The molecular formula is C13H12N2O2. The van der Waals surface area contributed by atoms with Crippen molar-refractivity contribution in [2.24, 2.45) is 0 Å².